The van der Waals surface area contributed by atoms with Crippen LogP contribution in [0.3, 0.4) is 0 Å². The van der Waals surface area contributed by atoms with Crippen LogP contribution in [0.25, 0.3) is 0 Å². The summed E-state index contributed by atoms with van der Waals surface area (Å²) in [7, 11) is 0. The summed E-state index contributed by atoms with van der Waals surface area (Å²) >= 11 is 0. The van der Waals surface area contributed by atoms with Crippen LogP contribution in [0.2, 0.25) is 0 Å². The van der Waals surface area contributed by atoms with E-state index in [-0.39, 0.29) is 24.3 Å². The van der Waals surface area contributed by atoms with E-state index >= 15 is 0 Å². The van der Waals surface area contributed by atoms with Crippen LogP contribution >= 0.6 is 0 Å². The van der Waals surface area contributed by atoms with Crippen molar-refractivity contribution in [2.75, 3.05) is 19.8 Å². The first-order chi connectivity index (χ1) is 20.6. The molecule has 4 atom stereocenters. The van der Waals surface area contributed by atoms with Gasteiger partial charge in [-0.3, -0.25) is 0 Å². The van der Waals surface area contributed by atoms with Gasteiger partial charge in [-0.2, -0.15) is 0 Å². The van der Waals surface area contributed by atoms with Gasteiger partial charge in [0.25, 0.3) is 0 Å². The maximum absolute atomic E-state index is 12.5. The largest absolute Gasteiger partial charge is 0.454 e. The number of carbonyl (C=O) groups excluding carboxylic acids is 1. The molecule has 5 aliphatic rings. The summed E-state index contributed by atoms with van der Waals surface area (Å²) in [5.74, 6) is 4.64. The molecule has 0 N–H and O–H groups in total. The lowest BCUT2D eigenvalue weighted by Crippen LogP contribution is -2.35. The highest BCUT2D eigenvalue weighted by Gasteiger charge is 2.50. The van der Waals surface area contributed by atoms with Gasteiger partial charge in [-0.1, -0.05) is 77.0 Å². The Bertz CT molecular complexity index is 847. The summed E-state index contributed by atoms with van der Waals surface area (Å²) in [4.78, 5) is 23.7. The number of fused-ring (bicyclic) bond motifs is 1. The number of allylic oxidation sites excluding steroid dienone is 2. The maximum Gasteiger partial charge on any atom is 0.330 e. The summed E-state index contributed by atoms with van der Waals surface area (Å²) in [5, 5.41) is 0. The number of esters is 1. The van der Waals surface area contributed by atoms with Crippen LogP contribution in [0.5, 0.6) is 0 Å². The Kier molecular flexibility index (Phi) is 12.8. The first kappa shape index (κ1) is 32.2. The molecule has 0 radical (unpaired) electrons. The minimum atomic E-state index is -0.400. The first-order valence-corrected chi connectivity index (χ1v) is 17.7. The predicted octanol–water partition coefficient (Wildman–Crippen LogP) is 8.14. The third-order valence-electron chi connectivity index (χ3n) is 11.2. The molecule has 238 valence electrons. The Morgan fingerprint density at radius 2 is 1.29 bits per heavy atom. The van der Waals surface area contributed by atoms with Crippen molar-refractivity contribution in [3.63, 3.8) is 0 Å². The minimum absolute atomic E-state index is 0.267. The van der Waals surface area contributed by atoms with E-state index in [1.165, 1.54) is 89.9 Å². The van der Waals surface area contributed by atoms with Gasteiger partial charge in [0.05, 0.1) is 13.2 Å². The van der Waals surface area contributed by atoms with E-state index in [1.54, 1.807) is 6.08 Å². The molecule has 0 aromatic carbocycles. The standard InChI is InChI=1S/C36H58O6/c1-3-6-27-12-16-30(17-13-27)23-31-18-14-28(15-19-31)7-5-22-40-42-33-25-39-35-32(24-38-36(33)35)41-34(37)21-20-29-10-8-26(4-2)9-11-29/h5,7,20-21,26-33,35-36H,3-4,6,8-19,22-25H2,1-2H3/b7-5+,21-20+/t26?,27?,28?,29?,30?,31?,32?,33-,35+,36+/m0/s1. The van der Waals surface area contributed by atoms with Crippen molar-refractivity contribution in [3.8, 4) is 0 Å². The Labute approximate surface area is 255 Å². The van der Waals surface area contributed by atoms with Crippen molar-refractivity contribution in [1.82, 2.24) is 0 Å². The lowest BCUT2D eigenvalue weighted by atomic mass is 9.72. The van der Waals surface area contributed by atoms with Gasteiger partial charge in [-0.05, 0) is 93.3 Å². The smallest absolute Gasteiger partial charge is 0.330 e. The SMILES string of the molecule is CCCC1CCC(CC2CCC(/C=C/COO[C@H]3CO[C@@H]4C(OC(=O)/C=C/C5CCC(CC)CC5)CO[C@H]34)CC2)CC1. The van der Waals surface area contributed by atoms with Crippen molar-refractivity contribution >= 4 is 5.97 Å². The highest BCUT2D eigenvalue weighted by molar-refractivity contribution is 5.82. The zero-order valence-corrected chi connectivity index (χ0v) is 26.5. The lowest BCUT2D eigenvalue weighted by molar-refractivity contribution is -0.326. The molecule has 0 spiro atoms. The maximum atomic E-state index is 12.5. The van der Waals surface area contributed by atoms with Gasteiger partial charge in [-0.15, -0.1) is 0 Å². The minimum Gasteiger partial charge on any atom is -0.454 e. The van der Waals surface area contributed by atoms with Crippen molar-refractivity contribution in [1.29, 1.82) is 0 Å². The fourth-order valence-corrected chi connectivity index (χ4v) is 8.47. The molecule has 6 heteroatoms. The Hall–Kier alpha value is -1.21. The first-order valence-electron chi connectivity index (χ1n) is 17.7. The third-order valence-corrected chi connectivity index (χ3v) is 11.2. The summed E-state index contributed by atoms with van der Waals surface area (Å²) in [5.41, 5.74) is 0. The van der Waals surface area contributed by atoms with Gasteiger partial charge in [0.2, 0.25) is 0 Å². The summed E-state index contributed by atoms with van der Waals surface area (Å²) in [6.07, 6.45) is 28.4. The van der Waals surface area contributed by atoms with Crippen molar-refractivity contribution in [2.45, 2.75) is 141 Å². The van der Waals surface area contributed by atoms with Crippen LogP contribution in [0, 0.1) is 35.5 Å². The van der Waals surface area contributed by atoms with E-state index in [4.69, 9.17) is 24.0 Å². The molecule has 0 amide bonds. The van der Waals surface area contributed by atoms with Crippen molar-refractivity contribution < 1.29 is 28.8 Å². The fourth-order valence-electron chi connectivity index (χ4n) is 8.47. The van der Waals surface area contributed by atoms with Gasteiger partial charge in [0, 0.05) is 6.08 Å². The van der Waals surface area contributed by atoms with E-state index in [0.717, 1.165) is 36.5 Å². The third kappa shape index (κ3) is 9.39. The van der Waals surface area contributed by atoms with Crippen molar-refractivity contribution in [2.24, 2.45) is 35.5 Å². The van der Waals surface area contributed by atoms with E-state index in [0.29, 0.717) is 31.7 Å². The predicted molar refractivity (Wildman–Crippen MR) is 165 cm³/mol. The molecule has 2 heterocycles. The molecule has 0 aromatic rings. The molecule has 5 rings (SSSR count). The summed E-state index contributed by atoms with van der Waals surface area (Å²) in [6, 6.07) is 0. The number of carbonyl (C=O) groups is 1. The molecule has 5 fully saturated rings. The number of hydrogen-bond donors (Lipinski definition) is 0. The summed E-state index contributed by atoms with van der Waals surface area (Å²) in [6.45, 7) is 5.74. The molecule has 0 bridgehead atoms. The van der Waals surface area contributed by atoms with E-state index in [2.05, 4.69) is 26.0 Å². The van der Waals surface area contributed by atoms with Crippen molar-refractivity contribution in [3.05, 3.63) is 24.3 Å². The molecule has 2 aliphatic heterocycles. The average Bonchev–Trinajstić information content (AvgIpc) is 3.61. The monoisotopic (exact) mass is 586 g/mol. The Morgan fingerprint density at radius 1 is 0.714 bits per heavy atom. The quantitative estimate of drug-likeness (QED) is 0.0542. The van der Waals surface area contributed by atoms with Crippen LogP contribution in [-0.4, -0.2) is 50.2 Å². The molecule has 0 aromatic heterocycles. The molecular formula is C36H58O6. The van der Waals surface area contributed by atoms with E-state index < -0.39 is 6.10 Å². The van der Waals surface area contributed by atoms with E-state index in [9.17, 15) is 4.79 Å². The van der Waals surface area contributed by atoms with Gasteiger partial charge < -0.3 is 14.2 Å². The fraction of sp³-hybridized carbons (Fsp3) is 0.861. The molecule has 3 aliphatic carbocycles. The molecule has 3 saturated carbocycles. The Morgan fingerprint density at radius 3 is 1.95 bits per heavy atom. The second-order valence-corrected chi connectivity index (χ2v) is 14.2. The topological polar surface area (TPSA) is 63.2 Å². The second kappa shape index (κ2) is 16.7. The van der Waals surface area contributed by atoms with Crippen LogP contribution in [0.15, 0.2) is 24.3 Å². The number of hydrogen-bond acceptors (Lipinski definition) is 6. The average molecular weight is 587 g/mol. The highest BCUT2D eigenvalue weighted by atomic mass is 17.2. The van der Waals surface area contributed by atoms with Crippen LogP contribution < -0.4 is 0 Å². The molecule has 42 heavy (non-hydrogen) atoms. The zero-order valence-electron chi connectivity index (χ0n) is 26.5. The molecule has 2 saturated heterocycles. The van der Waals surface area contributed by atoms with Gasteiger partial charge in [0.15, 0.2) is 6.10 Å². The normalized spacial score (nSPS) is 39.2. The van der Waals surface area contributed by atoms with Gasteiger partial charge >= 0.3 is 5.97 Å². The zero-order chi connectivity index (χ0) is 29.1. The van der Waals surface area contributed by atoms with E-state index in [1.807, 2.05) is 6.08 Å². The number of ether oxygens (including phenoxy) is 3. The molecular weight excluding hydrogens is 528 g/mol. The van der Waals surface area contributed by atoms with Gasteiger partial charge in [-0.25, -0.2) is 14.6 Å². The second-order valence-electron chi connectivity index (χ2n) is 14.2. The van der Waals surface area contributed by atoms with Crippen LogP contribution in [-0.2, 0) is 28.8 Å². The van der Waals surface area contributed by atoms with Crippen LogP contribution in [0.4, 0.5) is 0 Å². The highest BCUT2D eigenvalue weighted by Crippen LogP contribution is 2.39. The number of rotatable bonds is 13. The molecule has 1 unspecified atom stereocenters. The summed E-state index contributed by atoms with van der Waals surface area (Å²) < 4.78 is 17.5. The lowest BCUT2D eigenvalue weighted by Gasteiger charge is -2.33. The Balaban J connectivity index is 0.920. The van der Waals surface area contributed by atoms with Gasteiger partial charge in [0.1, 0.15) is 24.9 Å². The van der Waals surface area contributed by atoms with Crippen LogP contribution in [0.1, 0.15) is 117 Å². The molecule has 6 nitrogen and oxygen atoms in total.